The number of halogens is 1. The van der Waals surface area contributed by atoms with Gasteiger partial charge in [0, 0.05) is 4.47 Å². The van der Waals surface area contributed by atoms with E-state index in [1.54, 1.807) is 0 Å². The predicted octanol–water partition coefficient (Wildman–Crippen LogP) is 2.54. The van der Waals surface area contributed by atoms with Crippen LogP contribution < -0.4 is 0 Å². The van der Waals surface area contributed by atoms with Gasteiger partial charge >= 0.3 is 0 Å². The van der Waals surface area contributed by atoms with Crippen molar-refractivity contribution < 1.29 is 12.6 Å². The maximum atomic E-state index is 10.9. The summed E-state index contributed by atoms with van der Waals surface area (Å²) in [6.07, 6.45) is 1.05. The van der Waals surface area contributed by atoms with Crippen LogP contribution in [0.4, 0.5) is 0 Å². The topological polar surface area (TPSA) is 43.4 Å². The molecule has 0 radical (unpaired) electrons. The molecule has 15 heavy (non-hydrogen) atoms. The van der Waals surface area contributed by atoms with Crippen LogP contribution in [-0.2, 0) is 20.9 Å². The zero-order valence-electron chi connectivity index (χ0n) is 8.87. The molecule has 0 saturated heterocycles. The van der Waals surface area contributed by atoms with Gasteiger partial charge in [-0.25, -0.2) is 0 Å². The minimum absolute atomic E-state index is 0.101. The molecule has 5 heteroatoms. The molecular weight excluding hydrogens is 280 g/mol. The lowest BCUT2D eigenvalue weighted by atomic mass is 10.0. The van der Waals surface area contributed by atoms with Crippen LogP contribution in [0.5, 0.6) is 0 Å². The summed E-state index contributed by atoms with van der Waals surface area (Å²) in [5.74, 6) is 0. The second kappa shape index (κ2) is 4.63. The van der Waals surface area contributed by atoms with Crippen LogP contribution in [0.1, 0.15) is 16.7 Å². The Balaban J connectivity index is 2.96. The Kier molecular flexibility index (Phi) is 3.92. The zero-order chi connectivity index (χ0) is 11.6. The molecule has 0 fully saturated rings. The second-order valence-corrected chi connectivity index (χ2v) is 6.04. The summed E-state index contributed by atoms with van der Waals surface area (Å²) >= 11 is 3.38. The van der Waals surface area contributed by atoms with E-state index < -0.39 is 10.1 Å². The number of aryl methyl sites for hydroxylation is 2. The van der Waals surface area contributed by atoms with Crippen molar-refractivity contribution in [2.45, 2.75) is 20.5 Å². The van der Waals surface area contributed by atoms with Crippen LogP contribution in [0.2, 0.25) is 0 Å². The fourth-order valence-electron chi connectivity index (χ4n) is 1.33. The van der Waals surface area contributed by atoms with Gasteiger partial charge in [0.1, 0.15) is 0 Å². The van der Waals surface area contributed by atoms with E-state index in [0.29, 0.717) is 0 Å². The van der Waals surface area contributed by atoms with Gasteiger partial charge in [-0.2, -0.15) is 8.42 Å². The van der Waals surface area contributed by atoms with Crippen LogP contribution in [-0.4, -0.2) is 14.7 Å². The lowest BCUT2D eigenvalue weighted by Crippen LogP contribution is -2.05. The van der Waals surface area contributed by atoms with E-state index >= 15 is 0 Å². The summed E-state index contributed by atoms with van der Waals surface area (Å²) in [4.78, 5) is 0. The first-order valence-corrected chi connectivity index (χ1v) is 7.00. The van der Waals surface area contributed by atoms with Gasteiger partial charge in [-0.3, -0.25) is 4.18 Å². The SMILES string of the molecule is Cc1cc(Br)cc(C)c1COS(C)(=O)=O. The summed E-state index contributed by atoms with van der Waals surface area (Å²) in [6.45, 7) is 3.96. The fraction of sp³-hybridized carbons (Fsp3) is 0.400. The Morgan fingerprint density at radius 1 is 1.27 bits per heavy atom. The van der Waals surface area contributed by atoms with Gasteiger partial charge in [-0.15, -0.1) is 0 Å². The average molecular weight is 293 g/mol. The van der Waals surface area contributed by atoms with E-state index in [0.717, 1.165) is 27.4 Å². The molecule has 84 valence electrons. The van der Waals surface area contributed by atoms with E-state index in [2.05, 4.69) is 15.9 Å². The molecule has 0 aliphatic carbocycles. The van der Waals surface area contributed by atoms with Crippen LogP contribution in [0.25, 0.3) is 0 Å². The van der Waals surface area contributed by atoms with Crippen LogP contribution in [0, 0.1) is 13.8 Å². The largest absolute Gasteiger partial charge is 0.265 e. The molecule has 0 aliphatic heterocycles. The van der Waals surface area contributed by atoms with Crippen molar-refractivity contribution in [3.8, 4) is 0 Å². The van der Waals surface area contributed by atoms with E-state index in [9.17, 15) is 8.42 Å². The molecule has 0 unspecified atom stereocenters. The second-order valence-electron chi connectivity index (χ2n) is 3.48. The molecule has 1 aromatic carbocycles. The Labute approximate surface area is 98.7 Å². The lowest BCUT2D eigenvalue weighted by molar-refractivity contribution is 0.310. The molecule has 0 atom stereocenters. The molecule has 0 saturated carbocycles. The maximum Gasteiger partial charge on any atom is 0.264 e. The predicted molar refractivity (Wildman–Crippen MR) is 63.2 cm³/mol. The Hall–Kier alpha value is -0.390. The minimum atomic E-state index is -3.38. The van der Waals surface area contributed by atoms with Crippen molar-refractivity contribution >= 4 is 26.0 Å². The molecule has 0 N–H and O–H groups in total. The van der Waals surface area contributed by atoms with E-state index in [-0.39, 0.29) is 6.61 Å². The van der Waals surface area contributed by atoms with Crippen molar-refractivity contribution in [3.05, 3.63) is 33.3 Å². The molecule has 0 bridgehead atoms. The summed E-state index contributed by atoms with van der Waals surface area (Å²) in [6, 6.07) is 3.88. The summed E-state index contributed by atoms with van der Waals surface area (Å²) in [5, 5.41) is 0. The molecule has 0 aliphatic rings. The van der Waals surface area contributed by atoms with Gasteiger partial charge in [-0.05, 0) is 42.7 Å². The van der Waals surface area contributed by atoms with E-state index in [1.165, 1.54) is 0 Å². The van der Waals surface area contributed by atoms with Crippen molar-refractivity contribution in [2.75, 3.05) is 6.26 Å². The first-order chi connectivity index (χ1) is 6.79. The maximum absolute atomic E-state index is 10.9. The van der Waals surface area contributed by atoms with Crippen molar-refractivity contribution in [3.63, 3.8) is 0 Å². The van der Waals surface area contributed by atoms with Crippen molar-refractivity contribution in [1.29, 1.82) is 0 Å². The highest BCUT2D eigenvalue weighted by Gasteiger charge is 2.08. The van der Waals surface area contributed by atoms with Crippen LogP contribution >= 0.6 is 15.9 Å². The summed E-state index contributed by atoms with van der Waals surface area (Å²) in [7, 11) is -3.38. The molecule has 3 nitrogen and oxygen atoms in total. The third kappa shape index (κ3) is 3.93. The Bertz CT molecular complexity index is 443. The monoisotopic (exact) mass is 292 g/mol. The third-order valence-electron chi connectivity index (χ3n) is 2.08. The number of hydrogen-bond donors (Lipinski definition) is 0. The number of rotatable bonds is 3. The molecule has 0 spiro atoms. The highest BCUT2D eigenvalue weighted by molar-refractivity contribution is 9.10. The van der Waals surface area contributed by atoms with Crippen LogP contribution in [0.3, 0.4) is 0 Å². The molecule has 1 aromatic rings. The lowest BCUT2D eigenvalue weighted by Gasteiger charge is -2.10. The highest BCUT2D eigenvalue weighted by atomic mass is 79.9. The Morgan fingerprint density at radius 3 is 2.13 bits per heavy atom. The molecular formula is C10H13BrO3S. The van der Waals surface area contributed by atoms with Crippen molar-refractivity contribution in [2.24, 2.45) is 0 Å². The first kappa shape index (κ1) is 12.7. The highest BCUT2D eigenvalue weighted by Crippen LogP contribution is 2.21. The van der Waals surface area contributed by atoms with Crippen molar-refractivity contribution in [1.82, 2.24) is 0 Å². The van der Waals surface area contributed by atoms with E-state index in [1.807, 2.05) is 26.0 Å². The Morgan fingerprint density at radius 2 is 1.73 bits per heavy atom. The molecule has 0 amide bonds. The molecule has 0 heterocycles. The molecule has 1 rings (SSSR count). The first-order valence-electron chi connectivity index (χ1n) is 4.39. The van der Waals surface area contributed by atoms with Gasteiger partial charge in [0.25, 0.3) is 10.1 Å². The number of hydrogen-bond acceptors (Lipinski definition) is 3. The summed E-state index contributed by atoms with van der Waals surface area (Å²) in [5.41, 5.74) is 2.96. The smallest absolute Gasteiger partial charge is 0.264 e. The van der Waals surface area contributed by atoms with Gasteiger partial charge in [-0.1, -0.05) is 15.9 Å². The third-order valence-corrected chi connectivity index (χ3v) is 3.08. The average Bonchev–Trinajstić information content (AvgIpc) is 1.99. The zero-order valence-corrected chi connectivity index (χ0v) is 11.3. The standard InChI is InChI=1S/C10H13BrO3S/c1-7-4-9(11)5-8(2)10(7)6-14-15(3,12)13/h4-5H,6H2,1-3H3. The van der Waals surface area contributed by atoms with Gasteiger partial charge < -0.3 is 0 Å². The minimum Gasteiger partial charge on any atom is -0.265 e. The van der Waals surface area contributed by atoms with Gasteiger partial charge in [0.05, 0.1) is 12.9 Å². The molecule has 0 aromatic heterocycles. The number of benzene rings is 1. The van der Waals surface area contributed by atoms with Gasteiger partial charge in [0.2, 0.25) is 0 Å². The fourth-order valence-corrected chi connectivity index (χ4v) is 2.35. The van der Waals surface area contributed by atoms with E-state index in [4.69, 9.17) is 4.18 Å². The van der Waals surface area contributed by atoms with Gasteiger partial charge in [0.15, 0.2) is 0 Å². The quantitative estimate of drug-likeness (QED) is 0.804. The van der Waals surface area contributed by atoms with Crippen LogP contribution in [0.15, 0.2) is 16.6 Å². The summed E-state index contributed by atoms with van der Waals surface area (Å²) < 4.78 is 27.5. The normalized spacial score (nSPS) is 11.7.